The lowest BCUT2D eigenvalue weighted by atomic mass is 10.1. The van der Waals surface area contributed by atoms with Gasteiger partial charge in [-0.15, -0.1) is 0 Å². The summed E-state index contributed by atoms with van der Waals surface area (Å²) in [5.41, 5.74) is 10.7. The highest BCUT2D eigenvalue weighted by atomic mass is 16.5. The van der Waals surface area contributed by atoms with Crippen molar-refractivity contribution >= 4 is 17.8 Å². The highest BCUT2D eigenvalue weighted by Gasteiger charge is 2.17. The van der Waals surface area contributed by atoms with Crippen LogP contribution in [0.1, 0.15) is 77.6 Å². The van der Waals surface area contributed by atoms with Gasteiger partial charge < -0.3 is 21.3 Å². The number of hydrogen-bond acceptors (Lipinski definition) is 5. The number of primary amides is 1. The fourth-order valence-electron chi connectivity index (χ4n) is 2.63. The number of allylic oxidation sites excluding steroid dienone is 5. The normalized spacial score (nSPS) is 13.8. The molecule has 0 rings (SSSR count). The van der Waals surface area contributed by atoms with Gasteiger partial charge in [0.15, 0.2) is 0 Å². The van der Waals surface area contributed by atoms with E-state index in [1.807, 2.05) is 6.08 Å². The minimum absolute atomic E-state index is 0.0638. The van der Waals surface area contributed by atoms with Crippen LogP contribution in [0.3, 0.4) is 0 Å². The lowest BCUT2D eigenvalue weighted by Crippen LogP contribution is -2.35. The predicted molar refractivity (Wildman–Crippen MR) is 119 cm³/mol. The van der Waals surface area contributed by atoms with Crippen molar-refractivity contribution in [1.82, 2.24) is 0 Å². The molecule has 5 N–H and O–H groups in total. The second kappa shape index (κ2) is 18.6. The van der Waals surface area contributed by atoms with Crippen LogP contribution in [-0.2, 0) is 19.1 Å². The molecule has 0 saturated heterocycles. The number of amides is 1. The first-order valence-electron chi connectivity index (χ1n) is 10.8. The Morgan fingerprint density at radius 3 is 2.17 bits per heavy atom. The maximum Gasteiger partial charge on any atom is 0.323 e. The largest absolute Gasteiger partial charge is 0.481 e. The third-order valence-corrected chi connectivity index (χ3v) is 4.35. The molecule has 0 aliphatic heterocycles. The van der Waals surface area contributed by atoms with Crippen LogP contribution in [0.4, 0.5) is 0 Å². The second-order valence-electron chi connectivity index (χ2n) is 7.30. The number of carbonyl (C=O) groups is 3. The zero-order valence-corrected chi connectivity index (χ0v) is 18.1. The molecular formula is C23H38N2O5. The van der Waals surface area contributed by atoms with Crippen LogP contribution in [0.25, 0.3) is 0 Å². The van der Waals surface area contributed by atoms with Crippen molar-refractivity contribution in [3.05, 3.63) is 36.5 Å². The molecule has 0 heterocycles. The molecule has 170 valence electrons. The number of unbranched alkanes of at least 4 members (excludes halogenated alkanes) is 5. The summed E-state index contributed by atoms with van der Waals surface area (Å²) >= 11 is 0. The van der Waals surface area contributed by atoms with Crippen LogP contribution in [0.2, 0.25) is 0 Å². The van der Waals surface area contributed by atoms with Crippen LogP contribution >= 0.6 is 0 Å². The van der Waals surface area contributed by atoms with Crippen molar-refractivity contribution in [2.45, 2.75) is 89.7 Å². The Balaban J connectivity index is 3.71. The fourth-order valence-corrected chi connectivity index (χ4v) is 2.63. The number of carboxylic acids is 1. The first-order valence-corrected chi connectivity index (χ1v) is 10.8. The molecule has 0 aliphatic rings. The fraction of sp³-hybridized carbons (Fsp3) is 0.609. The summed E-state index contributed by atoms with van der Waals surface area (Å²) in [6.07, 6.45) is 20.2. The van der Waals surface area contributed by atoms with Gasteiger partial charge in [-0.05, 0) is 51.5 Å². The van der Waals surface area contributed by atoms with E-state index in [1.165, 1.54) is 0 Å². The number of aliphatic carboxylic acids is 1. The minimum atomic E-state index is -0.836. The summed E-state index contributed by atoms with van der Waals surface area (Å²) in [5.74, 6) is -1.73. The molecule has 7 nitrogen and oxygen atoms in total. The van der Waals surface area contributed by atoms with Crippen LogP contribution < -0.4 is 11.5 Å². The molecule has 0 aromatic heterocycles. The summed E-state index contributed by atoms with van der Waals surface area (Å²) in [6, 6.07) is -0.836. The van der Waals surface area contributed by atoms with E-state index in [-0.39, 0.29) is 25.4 Å². The zero-order chi connectivity index (χ0) is 22.6. The number of rotatable bonds is 18. The van der Waals surface area contributed by atoms with Crippen molar-refractivity contribution in [3.63, 3.8) is 0 Å². The smallest absolute Gasteiger partial charge is 0.323 e. The van der Waals surface area contributed by atoms with Crippen molar-refractivity contribution in [1.29, 1.82) is 0 Å². The molecular weight excluding hydrogens is 384 g/mol. The van der Waals surface area contributed by atoms with Gasteiger partial charge in [0.05, 0.1) is 0 Å². The number of esters is 1. The standard InChI is InChI=1S/C23H38N2O5/c1-19(30-23(29)20(24)17-18-21(25)26)15-13-11-9-7-5-3-2-4-6-8-10-12-14-16-22(27)28/h2-3,7,9,13,15,19-20H,4-6,8,10-12,14,16-18,24H2,1H3,(H2,25,26)(H,27,28)/t19?,20-/m0/s1. The van der Waals surface area contributed by atoms with Crippen LogP contribution in [0, 0.1) is 0 Å². The van der Waals surface area contributed by atoms with Crippen LogP contribution in [0.15, 0.2) is 36.5 Å². The summed E-state index contributed by atoms with van der Waals surface area (Å²) in [6.45, 7) is 1.76. The van der Waals surface area contributed by atoms with Crippen LogP contribution in [-0.4, -0.2) is 35.1 Å². The molecule has 0 fully saturated rings. The maximum atomic E-state index is 11.8. The number of nitrogens with two attached hydrogens (primary N) is 2. The zero-order valence-electron chi connectivity index (χ0n) is 18.1. The summed E-state index contributed by atoms with van der Waals surface area (Å²) in [7, 11) is 0. The molecule has 2 atom stereocenters. The van der Waals surface area contributed by atoms with Gasteiger partial charge in [0.2, 0.25) is 5.91 Å². The molecule has 7 heteroatoms. The second-order valence-corrected chi connectivity index (χ2v) is 7.30. The lowest BCUT2D eigenvalue weighted by molar-refractivity contribution is -0.148. The topological polar surface area (TPSA) is 133 Å². The van der Waals surface area contributed by atoms with E-state index in [9.17, 15) is 14.4 Å². The van der Waals surface area contributed by atoms with E-state index >= 15 is 0 Å². The summed E-state index contributed by atoms with van der Waals surface area (Å²) < 4.78 is 5.20. The Morgan fingerprint density at radius 1 is 0.900 bits per heavy atom. The Kier molecular flexibility index (Phi) is 17.1. The first-order chi connectivity index (χ1) is 14.3. The quantitative estimate of drug-likeness (QED) is 0.175. The SMILES string of the molecule is CC(C=CCC=CCC=CCCCCCCCC(=O)O)OC(=O)[C@@H](N)CCC(N)=O. The monoisotopic (exact) mass is 422 g/mol. The van der Waals surface area contributed by atoms with E-state index in [4.69, 9.17) is 21.3 Å². The van der Waals surface area contributed by atoms with Crippen molar-refractivity contribution < 1.29 is 24.2 Å². The van der Waals surface area contributed by atoms with E-state index in [0.717, 1.165) is 51.4 Å². The first kappa shape index (κ1) is 27.6. The molecule has 0 bridgehead atoms. The average molecular weight is 423 g/mol. The van der Waals surface area contributed by atoms with Gasteiger partial charge in [-0.1, -0.05) is 49.6 Å². The Hall–Kier alpha value is -2.41. The van der Waals surface area contributed by atoms with Gasteiger partial charge in [0.25, 0.3) is 0 Å². The average Bonchev–Trinajstić information content (AvgIpc) is 2.68. The van der Waals surface area contributed by atoms with Gasteiger partial charge in [-0.3, -0.25) is 14.4 Å². The third-order valence-electron chi connectivity index (χ3n) is 4.35. The van der Waals surface area contributed by atoms with Gasteiger partial charge in [0.1, 0.15) is 12.1 Å². The van der Waals surface area contributed by atoms with Crippen molar-refractivity contribution in [2.75, 3.05) is 0 Å². The molecule has 30 heavy (non-hydrogen) atoms. The Morgan fingerprint density at radius 2 is 1.50 bits per heavy atom. The molecule has 0 aromatic carbocycles. The minimum Gasteiger partial charge on any atom is -0.481 e. The maximum absolute atomic E-state index is 11.8. The molecule has 0 saturated carbocycles. The molecule has 1 unspecified atom stereocenters. The van der Waals surface area contributed by atoms with Gasteiger partial charge >= 0.3 is 11.9 Å². The van der Waals surface area contributed by atoms with Crippen molar-refractivity contribution in [3.8, 4) is 0 Å². The molecule has 1 amide bonds. The van der Waals surface area contributed by atoms with Crippen molar-refractivity contribution in [2.24, 2.45) is 11.5 Å². The Labute approximate surface area is 180 Å². The van der Waals surface area contributed by atoms with Gasteiger partial charge in [-0.25, -0.2) is 0 Å². The summed E-state index contributed by atoms with van der Waals surface area (Å²) in [4.78, 5) is 32.9. The van der Waals surface area contributed by atoms with E-state index < -0.39 is 23.9 Å². The molecule has 0 radical (unpaired) electrons. The number of carbonyl (C=O) groups excluding carboxylic acids is 2. The third kappa shape index (κ3) is 18.9. The van der Waals surface area contributed by atoms with Gasteiger partial charge in [0, 0.05) is 12.8 Å². The predicted octanol–water partition coefficient (Wildman–Crippen LogP) is 3.77. The number of hydrogen-bond donors (Lipinski definition) is 3. The Bertz CT molecular complexity index is 584. The number of carboxylic acid groups (broad SMARTS) is 1. The van der Waals surface area contributed by atoms with E-state index in [2.05, 4.69) is 24.3 Å². The van der Waals surface area contributed by atoms with E-state index in [1.54, 1.807) is 13.0 Å². The van der Waals surface area contributed by atoms with Crippen LogP contribution in [0.5, 0.6) is 0 Å². The van der Waals surface area contributed by atoms with E-state index in [0.29, 0.717) is 0 Å². The molecule has 0 aromatic rings. The highest BCUT2D eigenvalue weighted by Crippen LogP contribution is 2.08. The highest BCUT2D eigenvalue weighted by molar-refractivity contribution is 5.78. The number of ether oxygens (including phenoxy) is 1. The molecule has 0 spiro atoms. The van der Waals surface area contributed by atoms with Gasteiger partial charge in [-0.2, -0.15) is 0 Å². The molecule has 0 aliphatic carbocycles. The summed E-state index contributed by atoms with van der Waals surface area (Å²) in [5, 5.41) is 8.56. The lowest BCUT2D eigenvalue weighted by Gasteiger charge is -2.13.